The highest BCUT2D eigenvalue weighted by Crippen LogP contribution is 2.48. The van der Waals surface area contributed by atoms with Gasteiger partial charge in [-0.15, -0.1) is 0 Å². The third-order valence-electron chi connectivity index (χ3n) is 8.11. The molecule has 5 rings (SSSR count). The lowest BCUT2D eigenvalue weighted by Crippen LogP contribution is -2.30. The zero-order valence-corrected chi connectivity index (χ0v) is 25.8. The standard InChI is InChI=1S/C32H34N2O6S2/c1-22-15-17-26-25(19-22)31(2,3)28(33(26)20-41(35,36)37)13-7-6-8-14-29-32(4,5)30-24-12-10-9-11-23(24)16-18-27(30)34(29)21-42(38,39)40/h6-19H,20-21H2,1-5H3,(H-,35,36,37,38,39,40)/p-1. The summed E-state index contributed by atoms with van der Waals surface area (Å²) >= 11 is 0. The molecule has 0 fully saturated rings. The van der Waals surface area contributed by atoms with E-state index in [0.717, 1.165) is 27.5 Å². The van der Waals surface area contributed by atoms with Gasteiger partial charge in [-0.2, -0.15) is 4.58 Å². The minimum Gasteiger partial charge on any atom is -0.747 e. The van der Waals surface area contributed by atoms with Crippen molar-refractivity contribution in [3.05, 3.63) is 107 Å². The van der Waals surface area contributed by atoms with Gasteiger partial charge in [0.2, 0.25) is 11.6 Å². The largest absolute Gasteiger partial charge is 0.747 e. The first kappa shape index (κ1) is 29.9. The summed E-state index contributed by atoms with van der Waals surface area (Å²) in [4.78, 5) is 1.54. The third-order valence-corrected chi connectivity index (χ3v) is 9.26. The van der Waals surface area contributed by atoms with Gasteiger partial charge in [0.05, 0.1) is 5.41 Å². The molecule has 10 heteroatoms. The predicted octanol–water partition coefficient (Wildman–Crippen LogP) is 5.32. The summed E-state index contributed by atoms with van der Waals surface area (Å²) in [5.74, 6) is -1.38. The monoisotopic (exact) mass is 605 g/mol. The van der Waals surface area contributed by atoms with Gasteiger partial charge in [0.1, 0.15) is 16.0 Å². The molecule has 42 heavy (non-hydrogen) atoms. The van der Waals surface area contributed by atoms with Crippen molar-refractivity contribution < 1.29 is 30.5 Å². The second kappa shape index (κ2) is 10.3. The van der Waals surface area contributed by atoms with Crippen molar-refractivity contribution in [1.29, 1.82) is 0 Å². The minimum absolute atomic E-state index is 0.551. The first-order valence-electron chi connectivity index (χ1n) is 13.5. The van der Waals surface area contributed by atoms with Gasteiger partial charge in [0.15, 0.2) is 15.8 Å². The minimum atomic E-state index is -4.58. The lowest BCUT2D eigenvalue weighted by Gasteiger charge is -2.27. The molecule has 3 aromatic carbocycles. The molecule has 0 N–H and O–H groups in total. The first-order valence-corrected chi connectivity index (χ1v) is 16.6. The van der Waals surface area contributed by atoms with E-state index in [2.05, 4.69) is 0 Å². The molecule has 8 nitrogen and oxygen atoms in total. The molecule has 0 atom stereocenters. The van der Waals surface area contributed by atoms with Crippen molar-refractivity contribution in [3.63, 3.8) is 0 Å². The summed E-state index contributed by atoms with van der Waals surface area (Å²) in [5.41, 5.74) is 4.45. The van der Waals surface area contributed by atoms with Crippen molar-refractivity contribution in [2.75, 3.05) is 16.7 Å². The van der Waals surface area contributed by atoms with Crippen molar-refractivity contribution >= 4 is 48.1 Å². The van der Waals surface area contributed by atoms with Gasteiger partial charge in [-0.05, 0) is 55.3 Å². The molecule has 0 aromatic heterocycles. The van der Waals surface area contributed by atoms with Crippen molar-refractivity contribution in [1.82, 2.24) is 0 Å². The van der Waals surface area contributed by atoms with Crippen molar-refractivity contribution in [3.8, 4) is 0 Å². The topological polar surface area (TPSA) is 121 Å². The van der Waals surface area contributed by atoms with E-state index < -0.39 is 42.8 Å². The molecule has 0 radical (unpaired) electrons. The highest BCUT2D eigenvalue weighted by molar-refractivity contribution is 7.85. The van der Waals surface area contributed by atoms with Crippen LogP contribution in [0.5, 0.6) is 0 Å². The molecule has 0 saturated heterocycles. The van der Waals surface area contributed by atoms with Crippen LogP contribution in [-0.4, -0.2) is 48.0 Å². The first-order chi connectivity index (χ1) is 19.5. The Kier molecular flexibility index (Phi) is 7.34. The van der Waals surface area contributed by atoms with Crippen LogP contribution in [0.1, 0.15) is 44.4 Å². The third kappa shape index (κ3) is 5.47. The molecular formula is C32H33N2O6S2-. The molecule has 0 spiro atoms. The number of aryl methyl sites for hydroxylation is 1. The second-order valence-corrected chi connectivity index (χ2v) is 14.6. The van der Waals surface area contributed by atoms with Crippen LogP contribution in [0, 0.1) is 6.92 Å². The molecule has 0 amide bonds. The highest BCUT2D eigenvalue weighted by Gasteiger charge is 2.46. The number of anilines is 1. The maximum absolute atomic E-state index is 11.9. The number of allylic oxidation sites excluding steroid dienone is 6. The zero-order chi connectivity index (χ0) is 30.7. The van der Waals surface area contributed by atoms with Gasteiger partial charge in [0, 0.05) is 34.5 Å². The summed E-state index contributed by atoms with van der Waals surface area (Å²) in [7, 11) is -9.14. The molecule has 0 aliphatic carbocycles. The quantitative estimate of drug-likeness (QED) is 0.203. The van der Waals surface area contributed by atoms with E-state index in [1.807, 2.05) is 89.2 Å². The van der Waals surface area contributed by atoms with Crippen LogP contribution in [0.3, 0.4) is 0 Å². The maximum atomic E-state index is 11.9. The molecule has 2 aliphatic rings. The van der Waals surface area contributed by atoms with Gasteiger partial charge in [-0.25, -0.2) is 16.8 Å². The van der Waals surface area contributed by atoms with Crippen LogP contribution < -0.4 is 4.90 Å². The number of fused-ring (bicyclic) bond motifs is 4. The molecule has 2 aliphatic heterocycles. The van der Waals surface area contributed by atoms with Crippen LogP contribution in [-0.2, 0) is 31.1 Å². The van der Waals surface area contributed by atoms with E-state index in [-0.39, 0.29) is 0 Å². The van der Waals surface area contributed by atoms with E-state index in [4.69, 9.17) is 0 Å². The SMILES string of the molecule is Cc1ccc2c(c1)C(C)(C)C(=CC=CC=CC1=[N+](CS(=O)(=O)[O-])c3ccc4ccccc4c3C1(C)C)N2CS(=O)(=O)[O-]. The molecule has 0 bridgehead atoms. The normalized spacial score (nSPS) is 19.0. The number of benzene rings is 3. The van der Waals surface area contributed by atoms with E-state index in [9.17, 15) is 25.9 Å². The van der Waals surface area contributed by atoms with Gasteiger partial charge >= 0.3 is 0 Å². The van der Waals surface area contributed by atoms with Gasteiger partial charge in [0.25, 0.3) is 0 Å². The summed E-state index contributed by atoms with van der Waals surface area (Å²) in [6, 6.07) is 17.4. The molecule has 220 valence electrons. The van der Waals surface area contributed by atoms with Crippen LogP contribution in [0.15, 0.2) is 90.7 Å². The highest BCUT2D eigenvalue weighted by atomic mass is 32.2. The fourth-order valence-electron chi connectivity index (χ4n) is 6.28. The molecule has 0 saturated carbocycles. The lowest BCUT2D eigenvalue weighted by atomic mass is 9.79. The van der Waals surface area contributed by atoms with Gasteiger partial charge in [-0.1, -0.05) is 74.0 Å². The van der Waals surface area contributed by atoms with Gasteiger partial charge in [-0.3, -0.25) is 0 Å². The molecule has 2 heterocycles. The lowest BCUT2D eigenvalue weighted by molar-refractivity contribution is -0.416. The second-order valence-electron chi connectivity index (χ2n) is 11.9. The number of rotatable bonds is 7. The summed E-state index contributed by atoms with van der Waals surface area (Å²) in [6.07, 6.45) is 8.87. The maximum Gasteiger partial charge on any atom is 0.237 e. The van der Waals surface area contributed by atoms with Crippen LogP contribution in [0.25, 0.3) is 10.8 Å². The van der Waals surface area contributed by atoms with E-state index in [0.29, 0.717) is 22.8 Å². The van der Waals surface area contributed by atoms with Crippen LogP contribution in [0.4, 0.5) is 11.4 Å². The summed E-state index contributed by atoms with van der Waals surface area (Å²) < 4.78 is 72.7. The fourth-order valence-corrected chi connectivity index (χ4v) is 7.47. The van der Waals surface area contributed by atoms with E-state index >= 15 is 0 Å². The Morgan fingerprint density at radius 2 is 1.57 bits per heavy atom. The number of hydrogen-bond acceptors (Lipinski definition) is 7. The number of hydrogen-bond donors (Lipinski definition) is 0. The van der Waals surface area contributed by atoms with Crippen molar-refractivity contribution in [2.45, 2.75) is 45.4 Å². The Morgan fingerprint density at radius 1 is 0.857 bits per heavy atom. The Labute approximate surface area is 247 Å². The van der Waals surface area contributed by atoms with Crippen molar-refractivity contribution in [2.24, 2.45) is 0 Å². The molecule has 3 aromatic rings. The van der Waals surface area contributed by atoms with Crippen LogP contribution >= 0.6 is 0 Å². The Morgan fingerprint density at radius 3 is 2.26 bits per heavy atom. The molecule has 0 unspecified atom stereocenters. The van der Waals surface area contributed by atoms with Crippen LogP contribution in [0.2, 0.25) is 0 Å². The average Bonchev–Trinajstić information content (AvgIpc) is 3.20. The molecular weight excluding hydrogens is 572 g/mol. The van der Waals surface area contributed by atoms with E-state index in [1.165, 1.54) is 0 Å². The Balaban J connectivity index is 1.53. The summed E-state index contributed by atoms with van der Waals surface area (Å²) in [5, 5.41) is 2.01. The number of nitrogens with zero attached hydrogens (tertiary/aromatic N) is 2. The van der Waals surface area contributed by atoms with Gasteiger partial charge < -0.3 is 14.0 Å². The average molecular weight is 606 g/mol. The van der Waals surface area contributed by atoms with E-state index in [1.54, 1.807) is 39.9 Å². The zero-order valence-electron chi connectivity index (χ0n) is 24.2. The fraction of sp³-hybridized carbons (Fsp3) is 0.281. The predicted molar refractivity (Wildman–Crippen MR) is 164 cm³/mol. The Bertz CT molecular complexity index is 1950. The summed E-state index contributed by atoms with van der Waals surface area (Å²) in [6.45, 7) is 9.93. The Hall–Kier alpha value is -3.57. The smallest absolute Gasteiger partial charge is 0.237 e.